The molecule has 1 aromatic rings. The molecule has 106 valence electrons. The molecule has 19 heavy (non-hydrogen) atoms. The van der Waals surface area contributed by atoms with Crippen LogP contribution in [-0.2, 0) is 15.1 Å². The quantitative estimate of drug-likeness (QED) is 0.794. The number of methoxy groups -OCH3 is 1. The van der Waals surface area contributed by atoms with Crippen LogP contribution in [-0.4, -0.2) is 24.7 Å². The third-order valence-electron chi connectivity index (χ3n) is 3.71. The lowest BCUT2D eigenvalue weighted by Crippen LogP contribution is -2.31. The van der Waals surface area contributed by atoms with Crippen LogP contribution in [0.25, 0.3) is 0 Å². The highest BCUT2D eigenvalue weighted by atomic mass is 32.1. The molecule has 4 nitrogen and oxygen atoms in total. The maximum atomic E-state index is 11.8. The van der Waals surface area contributed by atoms with Crippen molar-refractivity contribution in [2.24, 2.45) is 0 Å². The molecule has 0 aromatic carbocycles. The van der Waals surface area contributed by atoms with Crippen molar-refractivity contribution in [3.8, 4) is 0 Å². The third-order valence-corrected chi connectivity index (χ3v) is 4.86. The summed E-state index contributed by atoms with van der Waals surface area (Å²) in [6.45, 7) is 4.10. The van der Waals surface area contributed by atoms with Gasteiger partial charge in [-0.1, -0.05) is 19.3 Å². The number of nitrogens with zero attached hydrogens (tertiary/aromatic N) is 1. The Kier molecular flexibility index (Phi) is 4.58. The Morgan fingerprint density at radius 2 is 2.05 bits per heavy atom. The first-order valence-electron chi connectivity index (χ1n) is 6.83. The van der Waals surface area contributed by atoms with Crippen molar-refractivity contribution in [3.05, 3.63) is 15.6 Å². The first-order chi connectivity index (χ1) is 9.13. The van der Waals surface area contributed by atoms with Gasteiger partial charge in [0.05, 0.1) is 6.61 Å². The topological polar surface area (TPSA) is 48.4 Å². The lowest BCUT2D eigenvalue weighted by Gasteiger charge is -2.34. The number of aromatic nitrogens is 1. The number of esters is 1. The van der Waals surface area contributed by atoms with Gasteiger partial charge in [0.15, 0.2) is 5.69 Å². The van der Waals surface area contributed by atoms with Crippen molar-refractivity contribution >= 4 is 17.3 Å². The van der Waals surface area contributed by atoms with Crippen molar-refractivity contribution in [3.63, 3.8) is 0 Å². The van der Waals surface area contributed by atoms with E-state index in [1.807, 2.05) is 6.92 Å². The van der Waals surface area contributed by atoms with E-state index in [9.17, 15) is 4.79 Å². The van der Waals surface area contributed by atoms with E-state index >= 15 is 0 Å². The molecule has 1 heterocycles. The minimum atomic E-state index is -0.329. The van der Waals surface area contributed by atoms with Crippen molar-refractivity contribution < 1.29 is 14.3 Å². The van der Waals surface area contributed by atoms with Gasteiger partial charge in [-0.05, 0) is 26.7 Å². The van der Waals surface area contributed by atoms with Crippen molar-refractivity contribution in [2.75, 3.05) is 13.7 Å². The fourth-order valence-corrected chi connectivity index (χ4v) is 3.73. The first-order valence-corrected chi connectivity index (χ1v) is 7.65. The predicted molar refractivity (Wildman–Crippen MR) is 74.6 cm³/mol. The summed E-state index contributed by atoms with van der Waals surface area (Å²) >= 11 is 1.56. The Morgan fingerprint density at radius 1 is 1.37 bits per heavy atom. The summed E-state index contributed by atoms with van der Waals surface area (Å²) in [5.74, 6) is -0.329. The monoisotopic (exact) mass is 283 g/mol. The molecule has 0 N–H and O–H groups in total. The highest BCUT2D eigenvalue weighted by Gasteiger charge is 2.38. The number of carbonyl (C=O) groups is 1. The molecule has 2 rings (SSSR count). The van der Waals surface area contributed by atoms with E-state index in [1.54, 1.807) is 25.4 Å². The van der Waals surface area contributed by atoms with Crippen molar-refractivity contribution in [1.82, 2.24) is 4.98 Å². The molecule has 0 amide bonds. The fraction of sp³-hybridized carbons (Fsp3) is 0.714. The van der Waals surface area contributed by atoms with Crippen molar-refractivity contribution in [2.45, 2.75) is 51.6 Å². The third kappa shape index (κ3) is 2.82. The summed E-state index contributed by atoms with van der Waals surface area (Å²) in [5.41, 5.74) is 0.155. The Morgan fingerprint density at radius 3 is 2.63 bits per heavy atom. The van der Waals surface area contributed by atoms with Crippen LogP contribution in [0.15, 0.2) is 0 Å². The van der Waals surface area contributed by atoms with Gasteiger partial charge >= 0.3 is 5.97 Å². The zero-order chi connectivity index (χ0) is 13.9. The Labute approximate surface area is 118 Å². The van der Waals surface area contributed by atoms with Gasteiger partial charge in [0, 0.05) is 12.0 Å². The number of carbonyl (C=O) groups excluding carboxylic acids is 1. The highest BCUT2D eigenvalue weighted by molar-refractivity contribution is 7.12. The fourth-order valence-electron chi connectivity index (χ4n) is 2.61. The van der Waals surface area contributed by atoms with Gasteiger partial charge in [0.2, 0.25) is 0 Å². The second-order valence-electron chi connectivity index (χ2n) is 4.90. The van der Waals surface area contributed by atoms with Gasteiger partial charge in [0.1, 0.15) is 10.6 Å². The summed E-state index contributed by atoms with van der Waals surface area (Å²) in [6.07, 6.45) is 5.53. The molecule has 0 atom stereocenters. The highest BCUT2D eigenvalue weighted by Crippen LogP contribution is 2.42. The lowest BCUT2D eigenvalue weighted by molar-refractivity contribution is -0.0447. The van der Waals surface area contributed by atoms with E-state index in [4.69, 9.17) is 9.47 Å². The van der Waals surface area contributed by atoms with Gasteiger partial charge in [-0.25, -0.2) is 9.78 Å². The molecule has 0 radical (unpaired) electrons. The van der Waals surface area contributed by atoms with Gasteiger partial charge in [-0.15, -0.1) is 11.3 Å². The van der Waals surface area contributed by atoms with E-state index < -0.39 is 0 Å². The van der Waals surface area contributed by atoms with Crippen LogP contribution in [0.5, 0.6) is 0 Å². The van der Waals surface area contributed by atoms with Crippen LogP contribution in [0.3, 0.4) is 0 Å². The maximum absolute atomic E-state index is 11.8. The van der Waals surface area contributed by atoms with Gasteiger partial charge in [-0.2, -0.15) is 0 Å². The molecule has 0 bridgehead atoms. The predicted octanol–water partition coefficient (Wildman–Crippen LogP) is 3.43. The number of hydrogen-bond acceptors (Lipinski definition) is 5. The van der Waals surface area contributed by atoms with E-state index in [0.29, 0.717) is 12.3 Å². The molecule has 0 unspecified atom stereocenters. The number of ether oxygens (including phenoxy) is 2. The van der Waals surface area contributed by atoms with Crippen LogP contribution in [0.4, 0.5) is 0 Å². The molecular weight excluding hydrogens is 262 g/mol. The molecule has 0 saturated heterocycles. The van der Waals surface area contributed by atoms with Gasteiger partial charge in [-0.3, -0.25) is 0 Å². The van der Waals surface area contributed by atoms with Gasteiger partial charge in [0.25, 0.3) is 0 Å². The van der Waals surface area contributed by atoms with Crippen LogP contribution in [0.2, 0.25) is 0 Å². The SMILES string of the molecule is CCOC(=O)c1nc(C2(OC)CCCCC2)sc1C. The summed E-state index contributed by atoms with van der Waals surface area (Å²) in [4.78, 5) is 17.3. The van der Waals surface area contributed by atoms with Gasteiger partial charge < -0.3 is 9.47 Å². The molecule has 0 spiro atoms. The van der Waals surface area contributed by atoms with Crippen LogP contribution < -0.4 is 0 Å². The first kappa shape index (κ1) is 14.5. The molecule has 5 heteroatoms. The normalized spacial score (nSPS) is 18.3. The second kappa shape index (κ2) is 6.01. The number of aryl methyl sites for hydroxylation is 1. The standard InChI is InChI=1S/C14H21NO3S/c1-4-18-12(16)11-10(2)19-13(15-11)14(17-3)8-6-5-7-9-14/h4-9H2,1-3H3. The largest absolute Gasteiger partial charge is 0.461 e. The number of thiazole rings is 1. The zero-order valence-electron chi connectivity index (χ0n) is 11.8. The number of rotatable bonds is 4. The Balaban J connectivity index is 2.29. The van der Waals surface area contributed by atoms with Crippen LogP contribution in [0, 0.1) is 6.92 Å². The molecular formula is C14H21NO3S. The molecule has 1 aliphatic carbocycles. The summed E-state index contributed by atoms with van der Waals surface area (Å²) in [5, 5.41) is 0.926. The second-order valence-corrected chi connectivity index (χ2v) is 6.11. The van der Waals surface area contributed by atoms with E-state index in [2.05, 4.69) is 4.98 Å². The average Bonchev–Trinajstić information content (AvgIpc) is 2.82. The molecule has 1 fully saturated rings. The Hall–Kier alpha value is -0.940. The van der Waals surface area contributed by atoms with E-state index in [1.165, 1.54) is 6.42 Å². The molecule has 1 aliphatic rings. The summed E-state index contributed by atoms with van der Waals surface area (Å²) in [7, 11) is 1.74. The maximum Gasteiger partial charge on any atom is 0.358 e. The minimum absolute atomic E-state index is 0.293. The summed E-state index contributed by atoms with van der Waals surface area (Å²) < 4.78 is 10.8. The molecule has 0 aliphatic heterocycles. The summed E-state index contributed by atoms with van der Waals surface area (Å²) in [6, 6.07) is 0. The van der Waals surface area contributed by atoms with Crippen LogP contribution in [0.1, 0.15) is 59.4 Å². The molecule has 1 saturated carbocycles. The number of hydrogen-bond donors (Lipinski definition) is 0. The van der Waals surface area contributed by atoms with Crippen LogP contribution >= 0.6 is 11.3 Å². The minimum Gasteiger partial charge on any atom is -0.461 e. The zero-order valence-corrected chi connectivity index (χ0v) is 12.6. The van der Waals surface area contributed by atoms with E-state index in [-0.39, 0.29) is 11.6 Å². The smallest absolute Gasteiger partial charge is 0.358 e. The van der Waals surface area contributed by atoms with Crippen molar-refractivity contribution in [1.29, 1.82) is 0 Å². The lowest BCUT2D eigenvalue weighted by atomic mass is 9.85. The average molecular weight is 283 g/mol. The molecule has 1 aromatic heterocycles. The van der Waals surface area contributed by atoms with E-state index in [0.717, 1.165) is 35.6 Å². The Bertz CT molecular complexity index is 450.